The lowest BCUT2D eigenvalue weighted by atomic mass is 10.5. The van der Waals surface area contributed by atoms with Crippen molar-refractivity contribution in [3.8, 4) is 5.88 Å². The molecule has 0 spiro atoms. The molecular weight excluding hydrogens is 172 g/mol. The van der Waals surface area contributed by atoms with Crippen LogP contribution >= 0.6 is 0 Å². The van der Waals surface area contributed by atoms with Crippen LogP contribution in [0.25, 0.3) is 0 Å². The van der Waals surface area contributed by atoms with Crippen LogP contribution in [0.2, 0.25) is 0 Å². The summed E-state index contributed by atoms with van der Waals surface area (Å²) in [5.41, 5.74) is -1.03. The van der Waals surface area contributed by atoms with E-state index in [-0.39, 0.29) is 0 Å². The summed E-state index contributed by atoms with van der Waals surface area (Å²) in [6.45, 7) is 0. The lowest BCUT2D eigenvalue weighted by Gasteiger charge is -1.86. The molecule has 0 unspecified atom stereocenters. The fraction of sp³-hybridized carbons (Fsp3) is 0. The predicted molar refractivity (Wildman–Crippen MR) is 33.6 cm³/mol. The molecule has 0 aliphatic rings. The first-order chi connectivity index (χ1) is 5.54. The van der Waals surface area contributed by atoms with Crippen molar-refractivity contribution >= 4 is 11.5 Å². The van der Waals surface area contributed by atoms with Crippen LogP contribution < -0.4 is 0 Å². The van der Waals surface area contributed by atoms with Gasteiger partial charge in [-0.2, -0.15) is 0 Å². The third kappa shape index (κ3) is 1.02. The fourth-order valence-corrected chi connectivity index (χ4v) is 0.613. The Balaban J connectivity index is 3.31. The highest BCUT2D eigenvalue weighted by Gasteiger charge is 2.34. The number of hydrogen-bond donors (Lipinski definition) is 2. The molecule has 1 aromatic rings. The minimum absolute atomic E-state index is 0.924. The molecule has 12 heavy (non-hydrogen) atoms. The van der Waals surface area contributed by atoms with Crippen molar-refractivity contribution in [1.82, 2.24) is 10.2 Å². The number of nitro groups is 2. The van der Waals surface area contributed by atoms with Crippen LogP contribution in [-0.2, 0) is 0 Å². The van der Waals surface area contributed by atoms with Gasteiger partial charge in [-0.05, 0) is 4.92 Å². The van der Waals surface area contributed by atoms with Crippen molar-refractivity contribution in [3.05, 3.63) is 20.2 Å². The van der Waals surface area contributed by atoms with Crippen LogP contribution in [0.4, 0.5) is 11.5 Å². The maximum Gasteiger partial charge on any atom is 0.471 e. The molecule has 2 N–H and O–H groups in total. The van der Waals surface area contributed by atoms with E-state index in [4.69, 9.17) is 5.11 Å². The lowest BCUT2D eigenvalue weighted by Crippen LogP contribution is -1.94. The topological polar surface area (TPSA) is 135 Å². The second-order valence-electron chi connectivity index (χ2n) is 1.76. The Morgan fingerprint density at radius 2 is 1.92 bits per heavy atom. The van der Waals surface area contributed by atoms with Crippen LogP contribution in [0.15, 0.2) is 0 Å². The van der Waals surface area contributed by atoms with Crippen LogP contribution in [0.3, 0.4) is 0 Å². The summed E-state index contributed by atoms with van der Waals surface area (Å²) >= 11 is 0. The summed E-state index contributed by atoms with van der Waals surface area (Å²) in [7, 11) is 0. The Labute approximate surface area is 63.9 Å². The van der Waals surface area contributed by atoms with E-state index in [0.29, 0.717) is 0 Å². The van der Waals surface area contributed by atoms with E-state index < -0.39 is 27.2 Å². The van der Waals surface area contributed by atoms with Crippen molar-refractivity contribution in [2.75, 3.05) is 0 Å². The van der Waals surface area contributed by atoms with Gasteiger partial charge in [-0.25, -0.2) is 0 Å². The molecule has 64 valence electrons. The molecule has 0 aliphatic heterocycles. The van der Waals surface area contributed by atoms with Gasteiger partial charge in [0.25, 0.3) is 0 Å². The molecule has 1 aromatic heterocycles. The number of rotatable bonds is 2. The van der Waals surface area contributed by atoms with E-state index in [1.54, 1.807) is 5.10 Å². The maximum atomic E-state index is 10.1. The summed E-state index contributed by atoms with van der Waals surface area (Å²) in [6, 6.07) is 0. The molecule has 1 rings (SSSR count). The van der Waals surface area contributed by atoms with Gasteiger partial charge >= 0.3 is 17.4 Å². The van der Waals surface area contributed by atoms with Gasteiger partial charge in [0.1, 0.15) is 0 Å². The van der Waals surface area contributed by atoms with Crippen molar-refractivity contribution in [1.29, 1.82) is 0 Å². The van der Waals surface area contributed by atoms with Gasteiger partial charge < -0.3 is 15.2 Å². The summed E-state index contributed by atoms with van der Waals surface area (Å²) in [6.07, 6.45) is 0. The molecule has 0 saturated carbocycles. The molecule has 0 amide bonds. The number of aromatic nitrogens is 2. The predicted octanol–water partition coefficient (Wildman–Crippen LogP) is -0.0683. The largest absolute Gasteiger partial charge is 0.487 e. The van der Waals surface area contributed by atoms with E-state index >= 15 is 0 Å². The first kappa shape index (κ1) is 7.91. The highest BCUT2D eigenvalue weighted by atomic mass is 16.6. The SMILES string of the molecule is O=[N+]([O-])c1n[nH]c(O)c1[N+](=O)[O-]. The molecule has 0 aromatic carbocycles. The Morgan fingerprint density at radius 3 is 2.25 bits per heavy atom. The Bertz CT molecular complexity index is 342. The third-order valence-electron chi connectivity index (χ3n) is 1.06. The molecule has 0 fully saturated rings. The summed E-state index contributed by atoms with van der Waals surface area (Å²) in [4.78, 5) is 18.0. The van der Waals surface area contributed by atoms with Crippen LogP contribution in [0, 0.1) is 20.2 Å². The Morgan fingerprint density at radius 1 is 1.33 bits per heavy atom. The van der Waals surface area contributed by atoms with Crippen molar-refractivity contribution in [2.45, 2.75) is 0 Å². The number of aromatic hydroxyl groups is 1. The summed E-state index contributed by atoms with van der Waals surface area (Å²) < 4.78 is 0. The standard InChI is InChI=1S/C3H2N4O5/c8-3-1(6(9)10)2(4-5-3)7(11)12/h(H2,4,5,8). The Kier molecular flexibility index (Phi) is 1.62. The van der Waals surface area contributed by atoms with Crippen molar-refractivity contribution in [2.24, 2.45) is 0 Å². The maximum absolute atomic E-state index is 10.1. The van der Waals surface area contributed by atoms with Crippen LogP contribution in [0.5, 0.6) is 5.88 Å². The molecule has 1 heterocycles. The Hall–Kier alpha value is -2.19. The van der Waals surface area contributed by atoms with Crippen LogP contribution in [-0.4, -0.2) is 25.2 Å². The molecule has 9 heteroatoms. The molecular formula is C3H2N4O5. The van der Waals surface area contributed by atoms with Gasteiger partial charge in [0.2, 0.25) is 0 Å². The average Bonchev–Trinajstić information content (AvgIpc) is 2.30. The van der Waals surface area contributed by atoms with E-state index in [0.717, 1.165) is 0 Å². The van der Waals surface area contributed by atoms with Gasteiger partial charge in [-0.3, -0.25) is 10.1 Å². The van der Waals surface area contributed by atoms with E-state index in [1.807, 2.05) is 0 Å². The van der Waals surface area contributed by atoms with Gasteiger partial charge in [0, 0.05) is 0 Å². The molecule has 0 radical (unpaired) electrons. The molecule has 0 aliphatic carbocycles. The number of nitrogens with zero attached hydrogens (tertiary/aromatic N) is 3. The van der Waals surface area contributed by atoms with E-state index in [1.165, 1.54) is 0 Å². The van der Waals surface area contributed by atoms with Gasteiger partial charge in [0.05, 0.1) is 10.0 Å². The van der Waals surface area contributed by atoms with Crippen LogP contribution in [0.1, 0.15) is 0 Å². The van der Waals surface area contributed by atoms with E-state index in [2.05, 4.69) is 5.10 Å². The van der Waals surface area contributed by atoms with Gasteiger partial charge in [0.15, 0.2) is 0 Å². The monoisotopic (exact) mass is 174 g/mol. The fourth-order valence-electron chi connectivity index (χ4n) is 0.613. The number of hydrogen-bond acceptors (Lipinski definition) is 6. The second-order valence-corrected chi connectivity index (χ2v) is 1.76. The third-order valence-corrected chi connectivity index (χ3v) is 1.06. The molecule has 0 atom stereocenters. The average molecular weight is 174 g/mol. The molecule has 0 bridgehead atoms. The normalized spacial score (nSPS) is 9.67. The molecule has 0 saturated heterocycles. The van der Waals surface area contributed by atoms with E-state index in [9.17, 15) is 20.2 Å². The first-order valence-corrected chi connectivity index (χ1v) is 2.60. The number of aromatic amines is 1. The minimum atomic E-state index is -1.09. The first-order valence-electron chi connectivity index (χ1n) is 2.60. The van der Waals surface area contributed by atoms with Gasteiger partial charge in [-0.1, -0.05) is 0 Å². The highest BCUT2D eigenvalue weighted by molar-refractivity contribution is 5.53. The van der Waals surface area contributed by atoms with Crippen molar-refractivity contribution < 1.29 is 15.0 Å². The highest BCUT2D eigenvalue weighted by Crippen LogP contribution is 2.31. The van der Waals surface area contributed by atoms with Gasteiger partial charge in [-0.15, -0.1) is 5.10 Å². The number of nitrogens with one attached hydrogen (secondary N) is 1. The molecule has 9 nitrogen and oxygen atoms in total. The lowest BCUT2D eigenvalue weighted by molar-refractivity contribution is -0.425. The smallest absolute Gasteiger partial charge is 0.471 e. The zero-order valence-corrected chi connectivity index (χ0v) is 5.42. The quantitative estimate of drug-likeness (QED) is 0.475. The zero-order chi connectivity index (χ0) is 9.30. The second kappa shape index (κ2) is 2.45. The summed E-state index contributed by atoms with van der Waals surface area (Å²) in [5.74, 6) is -1.93. The summed E-state index contributed by atoms with van der Waals surface area (Å²) in [5, 5.41) is 33.5. The van der Waals surface area contributed by atoms with Crippen molar-refractivity contribution in [3.63, 3.8) is 0 Å². The zero-order valence-electron chi connectivity index (χ0n) is 5.42. The minimum Gasteiger partial charge on any atom is -0.487 e. The number of H-pyrrole nitrogens is 1.